The van der Waals surface area contributed by atoms with Crippen molar-refractivity contribution in [2.24, 2.45) is 0 Å². The smallest absolute Gasteiger partial charge is 0.270 e. The first-order valence-corrected chi connectivity index (χ1v) is 8.21. The van der Waals surface area contributed by atoms with Gasteiger partial charge in [-0.05, 0) is 36.4 Å². The Morgan fingerprint density at radius 1 is 0.923 bits per heavy atom. The summed E-state index contributed by atoms with van der Waals surface area (Å²) in [6, 6.07) is 15.3. The molecule has 3 rings (SSSR count). The first-order valence-electron chi connectivity index (χ1n) is 7.83. The van der Waals surface area contributed by atoms with Crippen molar-refractivity contribution in [2.75, 3.05) is 5.32 Å². The lowest BCUT2D eigenvalue weighted by Gasteiger charge is -2.08. The van der Waals surface area contributed by atoms with E-state index in [0.29, 0.717) is 16.3 Å². The summed E-state index contributed by atoms with van der Waals surface area (Å²) in [4.78, 5) is 32.8. The van der Waals surface area contributed by atoms with E-state index in [1.54, 1.807) is 42.6 Å². The van der Waals surface area contributed by atoms with Crippen molar-refractivity contribution < 1.29 is 9.59 Å². The van der Waals surface area contributed by atoms with Crippen molar-refractivity contribution in [1.82, 2.24) is 15.3 Å². The lowest BCUT2D eigenvalue weighted by atomic mass is 10.2. The minimum absolute atomic E-state index is 0.146. The van der Waals surface area contributed by atoms with Gasteiger partial charge in [0.15, 0.2) is 0 Å². The lowest BCUT2D eigenvalue weighted by molar-refractivity contribution is 0.0945. The summed E-state index contributed by atoms with van der Waals surface area (Å²) in [6.07, 6.45) is 3.07. The zero-order valence-electron chi connectivity index (χ0n) is 13.6. The Bertz CT molecular complexity index is 932. The highest BCUT2D eigenvalue weighted by Gasteiger charge is 2.13. The molecule has 0 unspecified atom stereocenters. The van der Waals surface area contributed by atoms with Gasteiger partial charge in [-0.25, -0.2) is 0 Å². The van der Waals surface area contributed by atoms with Crippen LogP contribution in [0.2, 0.25) is 5.02 Å². The first kappa shape index (κ1) is 17.6. The van der Waals surface area contributed by atoms with Gasteiger partial charge in [0.1, 0.15) is 5.69 Å². The Labute approximate surface area is 155 Å². The molecule has 0 fully saturated rings. The second kappa shape index (κ2) is 8.22. The number of carbonyl (C=O) groups is 2. The third kappa shape index (κ3) is 4.43. The summed E-state index contributed by atoms with van der Waals surface area (Å²) in [5, 5.41) is 5.87. The summed E-state index contributed by atoms with van der Waals surface area (Å²) in [6.45, 7) is 0.275. The molecule has 0 atom stereocenters. The summed E-state index contributed by atoms with van der Waals surface area (Å²) in [5.74, 6) is -0.762. The number of anilines is 1. The number of nitrogens with one attached hydrogen (secondary N) is 2. The van der Waals surface area contributed by atoms with Gasteiger partial charge in [-0.2, -0.15) is 0 Å². The van der Waals surface area contributed by atoms with Crippen LogP contribution in [-0.2, 0) is 6.54 Å². The van der Waals surface area contributed by atoms with Crippen LogP contribution in [-0.4, -0.2) is 21.8 Å². The molecule has 2 amide bonds. The third-order valence-electron chi connectivity index (χ3n) is 3.53. The van der Waals surface area contributed by atoms with Gasteiger partial charge >= 0.3 is 0 Å². The summed E-state index contributed by atoms with van der Waals surface area (Å²) in [5.41, 5.74) is 1.68. The van der Waals surface area contributed by atoms with Crippen LogP contribution in [0.4, 0.5) is 5.69 Å². The van der Waals surface area contributed by atoms with E-state index in [-0.39, 0.29) is 24.1 Å². The molecule has 0 saturated carbocycles. The number of halogens is 1. The molecule has 26 heavy (non-hydrogen) atoms. The highest BCUT2D eigenvalue weighted by molar-refractivity contribution is 6.33. The van der Waals surface area contributed by atoms with Crippen molar-refractivity contribution in [2.45, 2.75) is 6.54 Å². The van der Waals surface area contributed by atoms with Crippen LogP contribution in [0.1, 0.15) is 26.5 Å². The van der Waals surface area contributed by atoms with Crippen LogP contribution in [0.25, 0.3) is 0 Å². The van der Waals surface area contributed by atoms with Gasteiger partial charge in [0, 0.05) is 18.0 Å². The molecule has 0 aliphatic carbocycles. The van der Waals surface area contributed by atoms with Crippen LogP contribution < -0.4 is 10.6 Å². The van der Waals surface area contributed by atoms with Crippen LogP contribution in [0.15, 0.2) is 67.0 Å². The molecule has 0 aliphatic rings. The second-order valence-electron chi connectivity index (χ2n) is 5.37. The number of carbonyl (C=O) groups excluding carboxylic acids is 2. The highest BCUT2D eigenvalue weighted by Crippen LogP contribution is 2.21. The normalized spacial score (nSPS) is 10.2. The maximum Gasteiger partial charge on any atom is 0.270 e. The lowest BCUT2D eigenvalue weighted by Crippen LogP contribution is -2.25. The maximum atomic E-state index is 12.4. The number of hydrogen-bond acceptors (Lipinski definition) is 4. The number of aromatic nitrogens is 2. The zero-order valence-corrected chi connectivity index (χ0v) is 14.4. The quantitative estimate of drug-likeness (QED) is 0.725. The molecule has 3 aromatic rings. The van der Waals surface area contributed by atoms with Gasteiger partial charge in [0.25, 0.3) is 11.8 Å². The maximum absolute atomic E-state index is 12.4. The van der Waals surface area contributed by atoms with E-state index < -0.39 is 0 Å². The molecule has 0 bridgehead atoms. The molecule has 130 valence electrons. The van der Waals surface area contributed by atoms with Crippen molar-refractivity contribution >= 4 is 29.1 Å². The topological polar surface area (TPSA) is 84.0 Å². The standard InChI is InChI=1S/C19H15ClN4O2/c20-15-6-1-2-7-16(15)24-18(25)13-8-10-22-17(11-13)19(26)23-12-14-5-3-4-9-21-14/h1-11H,12H2,(H,23,26)(H,24,25). The number of para-hydroxylation sites is 1. The molecule has 7 heteroatoms. The van der Waals surface area contributed by atoms with E-state index in [2.05, 4.69) is 20.6 Å². The van der Waals surface area contributed by atoms with Crippen LogP contribution in [0, 0.1) is 0 Å². The fourth-order valence-corrected chi connectivity index (χ4v) is 2.40. The van der Waals surface area contributed by atoms with Gasteiger partial charge in [0.05, 0.1) is 22.9 Å². The van der Waals surface area contributed by atoms with E-state index in [1.165, 1.54) is 18.3 Å². The average molecular weight is 367 g/mol. The molecule has 2 N–H and O–H groups in total. The number of amides is 2. The number of pyridine rings is 2. The van der Waals surface area contributed by atoms with Crippen molar-refractivity contribution in [3.63, 3.8) is 0 Å². The predicted molar refractivity (Wildman–Crippen MR) is 99.0 cm³/mol. The Hall–Kier alpha value is -3.25. The van der Waals surface area contributed by atoms with Gasteiger partial charge < -0.3 is 10.6 Å². The minimum Gasteiger partial charge on any atom is -0.345 e. The monoisotopic (exact) mass is 366 g/mol. The Balaban J connectivity index is 1.68. The largest absolute Gasteiger partial charge is 0.345 e. The molecule has 0 spiro atoms. The third-order valence-corrected chi connectivity index (χ3v) is 3.86. The predicted octanol–water partition coefficient (Wildman–Crippen LogP) is 3.31. The Morgan fingerprint density at radius 3 is 2.50 bits per heavy atom. The van der Waals surface area contributed by atoms with E-state index >= 15 is 0 Å². The van der Waals surface area contributed by atoms with Crippen molar-refractivity contribution in [1.29, 1.82) is 0 Å². The molecule has 0 aliphatic heterocycles. The molecular weight excluding hydrogens is 352 g/mol. The fourth-order valence-electron chi connectivity index (χ4n) is 2.22. The zero-order chi connectivity index (χ0) is 18.4. The first-order chi connectivity index (χ1) is 12.6. The van der Waals surface area contributed by atoms with Crippen LogP contribution in [0.3, 0.4) is 0 Å². The van der Waals surface area contributed by atoms with Gasteiger partial charge in [-0.15, -0.1) is 0 Å². The summed E-state index contributed by atoms with van der Waals surface area (Å²) >= 11 is 6.04. The molecule has 2 aromatic heterocycles. The van der Waals surface area contributed by atoms with E-state index in [4.69, 9.17) is 11.6 Å². The number of nitrogens with zero attached hydrogens (tertiary/aromatic N) is 2. The average Bonchev–Trinajstić information content (AvgIpc) is 2.69. The van der Waals surface area contributed by atoms with E-state index in [0.717, 1.165) is 5.69 Å². The number of hydrogen-bond donors (Lipinski definition) is 2. The highest BCUT2D eigenvalue weighted by atomic mass is 35.5. The van der Waals surface area contributed by atoms with Crippen LogP contribution >= 0.6 is 11.6 Å². The van der Waals surface area contributed by atoms with E-state index in [9.17, 15) is 9.59 Å². The SMILES string of the molecule is O=C(Nc1ccccc1Cl)c1ccnc(C(=O)NCc2ccccn2)c1. The number of rotatable bonds is 5. The Kier molecular flexibility index (Phi) is 5.56. The molecule has 2 heterocycles. The molecule has 6 nitrogen and oxygen atoms in total. The molecule has 0 saturated heterocycles. The Morgan fingerprint density at radius 2 is 1.73 bits per heavy atom. The molecule has 0 radical (unpaired) electrons. The van der Waals surface area contributed by atoms with Gasteiger partial charge in [-0.1, -0.05) is 29.8 Å². The molecule has 1 aromatic carbocycles. The van der Waals surface area contributed by atoms with Gasteiger partial charge in [0.2, 0.25) is 0 Å². The second-order valence-corrected chi connectivity index (χ2v) is 5.77. The molecular formula is C19H15ClN4O2. The van der Waals surface area contributed by atoms with E-state index in [1.807, 2.05) is 6.07 Å². The number of benzene rings is 1. The van der Waals surface area contributed by atoms with Crippen molar-refractivity contribution in [3.8, 4) is 0 Å². The van der Waals surface area contributed by atoms with Crippen molar-refractivity contribution in [3.05, 3.63) is 89.0 Å². The summed E-state index contributed by atoms with van der Waals surface area (Å²) in [7, 11) is 0. The minimum atomic E-state index is -0.386. The summed E-state index contributed by atoms with van der Waals surface area (Å²) < 4.78 is 0. The van der Waals surface area contributed by atoms with Crippen LogP contribution in [0.5, 0.6) is 0 Å². The fraction of sp³-hybridized carbons (Fsp3) is 0.0526. The van der Waals surface area contributed by atoms with Gasteiger partial charge in [-0.3, -0.25) is 19.6 Å².